The van der Waals surface area contributed by atoms with E-state index in [0.717, 1.165) is 38.1 Å². The number of rotatable bonds is 6. The zero-order valence-electron chi connectivity index (χ0n) is 13.4. The molecule has 9 heteroatoms. The van der Waals surface area contributed by atoms with Crippen molar-refractivity contribution >= 4 is 96.3 Å². The summed E-state index contributed by atoms with van der Waals surface area (Å²) in [4.78, 5) is 11.1. The number of benzene rings is 2. The monoisotopic (exact) mass is 804 g/mol. The van der Waals surface area contributed by atoms with E-state index in [1.54, 1.807) is 12.1 Å². The summed E-state index contributed by atoms with van der Waals surface area (Å²) in [7, 11) is 0. The topological polar surface area (TPSA) is 57.3 Å². The fourth-order valence-corrected chi connectivity index (χ4v) is 6.00. The Balaban J connectivity index is 1.81. The molecular formula is C17H12I4O5. The van der Waals surface area contributed by atoms with Crippen LogP contribution in [-0.2, 0) is 9.53 Å². The van der Waals surface area contributed by atoms with Crippen LogP contribution in [0, 0.1) is 14.3 Å². The highest BCUT2D eigenvalue weighted by Gasteiger charge is 2.24. The van der Waals surface area contributed by atoms with Crippen molar-refractivity contribution in [3.05, 3.63) is 38.5 Å². The van der Waals surface area contributed by atoms with Crippen molar-refractivity contribution in [2.75, 3.05) is 13.2 Å². The minimum Gasteiger partial charge on any atom is -0.489 e. The molecule has 0 saturated carbocycles. The number of halogens is 4. The lowest BCUT2D eigenvalue weighted by atomic mass is 10.3. The first-order valence-electron chi connectivity index (χ1n) is 7.42. The lowest BCUT2D eigenvalue weighted by Crippen LogP contribution is -2.06. The Morgan fingerprint density at radius 2 is 1.50 bits per heavy atom. The summed E-state index contributed by atoms with van der Waals surface area (Å²) in [5.74, 6) is 2.47. The molecule has 1 aliphatic rings. The molecule has 2 aromatic carbocycles. The standard InChI is InChI=1S/C17H12I4O5/c1-8(22)25-9-2-14(20)17(15(21)3-9)26-10-4-12(18)16(13(19)5-10)24-7-11-6-23-11/h2-5,11H,6-7H2,1H3. The van der Waals surface area contributed by atoms with Gasteiger partial charge in [0.15, 0.2) is 5.75 Å². The fourth-order valence-electron chi connectivity index (χ4n) is 2.05. The van der Waals surface area contributed by atoms with E-state index in [1.165, 1.54) is 6.92 Å². The van der Waals surface area contributed by atoms with Crippen molar-refractivity contribution in [1.82, 2.24) is 0 Å². The molecule has 0 aliphatic carbocycles. The zero-order chi connectivity index (χ0) is 18.8. The molecular weight excluding hydrogens is 792 g/mol. The highest BCUT2D eigenvalue weighted by Crippen LogP contribution is 2.38. The number of hydrogen-bond donors (Lipinski definition) is 0. The molecule has 1 heterocycles. The van der Waals surface area contributed by atoms with Gasteiger partial charge in [0.2, 0.25) is 0 Å². The van der Waals surface area contributed by atoms with Gasteiger partial charge >= 0.3 is 5.97 Å². The second-order valence-corrected chi connectivity index (χ2v) is 10.0. The fraction of sp³-hybridized carbons (Fsp3) is 0.235. The first-order valence-corrected chi connectivity index (χ1v) is 11.7. The quantitative estimate of drug-likeness (QED) is 0.165. The van der Waals surface area contributed by atoms with Crippen molar-refractivity contribution in [2.24, 2.45) is 0 Å². The zero-order valence-corrected chi connectivity index (χ0v) is 22.0. The van der Waals surface area contributed by atoms with Gasteiger partial charge in [-0.25, -0.2) is 0 Å². The minimum atomic E-state index is -0.346. The van der Waals surface area contributed by atoms with E-state index in [2.05, 4.69) is 90.4 Å². The second kappa shape index (κ2) is 9.26. The van der Waals surface area contributed by atoms with Crippen LogP contribution in [0.4, 0.5) is 0 Å². The van der Waals surface area contributed by atoms with E-state index in [4.69, 9.17) is 18.9 Å². The van der Waals surface area contributed by atoms with Crippen LogP contribution in [0.3, 0.4) is 0 Å². The van der Waals surface area contributed by atoms with Crippen molar-refractivity contribution in [1.29, 1.82) is 0 Å². The van der Waals surface area contributed by atoms with E-state index >= 15 is 0 Å². The molecule has 5 nitrogen and oxygen atoms in total. The largest absolute Gasteiger partial charge is 0.489 e. The van der Waals surface area contributed by atoms with Crippen LogP contribution in [-0.4, -0.2) is 25.3 Å². The Kier molecular flexibility index (Phi) is 7.52. The lowest BCUT2D eigenvalue weighted by molar-refractivity contribution is -0.131. The maximum atomic E-state index is 11.1. The third-order valence-corrected chi connectivity index (χ3v) is 6.45. The summed E-state index contributed by atoms with van der Waals surface area (Å²) in [5, 5.41) is 0. The number of ether oxygens (including phenoxy) is 4. The molecule has 1 fully saturated rings. The molecule has 1 saturated heterocycles. The molecule has 26 heavy (non-hydrogen) atoms. The van der Waals surface area contributed by atoms with Gasteiger partial charge < -0.3 is 18.9 Å². The smallest absolute Gasteiger partial charge is 0.308 e. The normalized spacial score (nSPS) is 15.5. The lowest BCUT2D eigenvalue weighted by Gasteiger charge is -2.15. The number of hydrogen-bond acceptors (Lipinski definition) is 5. The van der Waals surface area contributed by atoms with Gasteiger partial charge in [0.1, 0.15) is 30.0 Å². The van der Waals surface area contributed by atoms with Gasteiger partial charge in [0, 0.05) is 6.92 Å². The Morgan fingerprint density at radius 1 is 1.00 bits per heavy atom. The molecule has 0 N–H and O–H groups in total. The third kappa shape index (κ3) is 5.70. The summed E-state index contributed by atoms with van der Waals surface area (Å²) in [5.41, 5.74) is 0. The van der Waals surface area contributed by atoms with E-state index in [1.807, 2.05) is 12.1 Å². The predicted octanol–water partition coefficient (Wildman–Crippen LogP) is 5.60. The van der Waals surface area contributed by atoms with Gasteiger partial charge in [-0.1, -0.05) is 0 Å². The number of esters is 1. The SMILES string of the molecule is CC(=O)Oc1cc(I)c(Oc2cc(I)c(OCC3CO3)c(I)c2)c(I)c1. The van der Waals surface area contributed by atoms with Crippen LogP contribution in [0.25, 0.3) is 0 Å². The highest BCUT2D eigenvalue weighted by molar-refractivity contribution is 14.1. The van der Waals surface area contributed by atoms with E-state index < -0.39 is 0 Å². The molecule has 0 bridgehead atoms. The molecule has 0 spiro atoms. The molecule has 3 rings (SSSR count). The van der Waals surface area contributed by atoms with Gasteiger partial charge in [-0.3, -0.25) is 4.79 Å². The van der Waals surface area contributed by atoms with E-state index in [0.29, 0.717) is 12.4 Å². The maximum absolute atomic E-state index is 11.1. The third-order valence-electron chi connectivity index (χ3n) is 3.24. The molecule has 0 radical (unpaired) electrons. The Hall–Kier alpha value is 0.390. The van der Waals surface area contributed by atoms with Gasteiger partial charge in [0.05, 0.1) is 20.9 Å². The van der Waals surface area contributed by atoms with Crippen LogP contribution in [0.15, 0.2) is 24.3 Å². The Morgan fingerprint density at radius 3 is 2.00 bits per heavy atom. The van der Waals surface area contributed by atoms with Crippen molar-refractivity contribution in [2.45, 2.75) is 13.0 Å². The number of epoxide rings is 1. The van der Waals surface area contributed by atoms with Crippen molar-refractivity contribution in [3.63, 3.8) is 0 Å². The van der Waals surface area contributed by atoms with Gasteiger partial charge in [-0.05, 0) is 115 Å². The van der Waals surface area contributed by atoms with Gasteiger partial charge in [-0.2, -0.15) is 0 Å². The van der Waals surface area contributed by atoms with E-state index in [9.17, 15) is 4.79 Å². The molecule has 0 amide bonds. The summed E-state index contributed by atoms with van der Waals surface area (Å²) >= 11 is 8.84. The average molecular weight is 804 g/mol. The second-order valence-electron chi connectivity index (χ2n) is 5.39. The van der Waals surface area contributed by atoms with Gasteiger partial charge in [-0.15, -0.1) is 0 Å². The molecule has 0 aromatic heterocycles. The molecule has 1 unspecified atom stereocenters. The van der Waals surface area contributed by atoms with Crippen LogP contribution in [0.1, 0.15) is 6.92 Å². The molecule has 1 atom stereocenters. The number of carbonyl (C=O) groups is 1. The maximum Gasteiger partial charge on any atom is 0.308 e. The van der Waals surface area contributed by atoms with Crippen LogP contribution in [0.2, 0.25) is 0 Å². The van der Waals surface area contributed by atoms with Crippen LogP contribution < -0.4 is 14.2 Å². The molecule has 2 aromatic rings. The Bertz CT molecular complexity index is 805. The summed E-state index contributed by atoms with van der Waals surface area (Å²) in [6, 6.07) is 7.45. The predicted molar refractivity (Wildman–Crippen MR) is 130 cm³/mol. The van der Waals surface area contributed by atoms with Crippen LogP contribution in [0.5, 0.6) is 23.0 Å². The minimum absolute atomic E-state index is 0.219. The molecule has 138 valence electrons. The number of carbonyl (C=O) groups excluding carboxylic acids is 1. The Labute approximate surface area is 205 Å². The first kappa shape index (κ1) is 21.1. The van der Waals surface area contributed by atoms with Gasteiger partial charge in [0.25, 0.3) is 0 Å². The van der Waals surface area contributed by atoms with Crippen molar-refractivity contribution < 1.29 is 23.7 Å². The summed E-state index contributed by atoms with van der Waals surface area (Å²) in [6.07, 6.45) is 0.219. The summed E-state index contributed by atoms with van der Waals surface area (Å²) < 4.78 is 26.0. The van der Waals surface area contributed by atoms with Crippen LogP contribution >= 0.6 is 90.4 Å². The van der Waals surface area contributed by atoms with E-state index in [-0.39, 0.29) is 12.1 Å². The molecule has 1 aliphatic heterocycles. The average Bonchev–Trinajstić information content (AvgIpc) is 3.34. The highest BCUT2D eigenvalue weighted by atomic mass is 127. The van der Waals surface area contributed by atoms with Crippen molar-refractivity contribution in [3.8, 4) is 23.0 Å². The summed E-state index contributed by atoms with van der Waals surface area (Å²) in [6.45, 7) is 2.72. The first-order chi connectivity index (χ1) is 12.3.